The molecule has 0 aliphatic heterocycles. The second kappa shape index (κ2) is 6.53. The zero-order valence-electron chi connectivity index (χ0n) is 12.2. The molecule has 0 saturated heterocycles. The molecule has 1 aromatic rings. The predicted molar refractivity (Wildman–Crippen MR) is 78.2 cm³/mol. The van der Waals surface area contributed by atoms with Crippen LogP contribution in [0.25, 0.3) is 0 Å². The lowest BCUT2D eigenvalue weighted by molar-refractivity contribution is -0.0999. The average Bonchev–Trinajstić information content (AvgIpc) is 2.41. The van der Waals surface area contributed by atoms with E-state index >= 15 is 0 Å². The number of rotatable bonds is 7. The molecule has 0 heterocycles. The van der Waals surface area contributed by atoms with E-state index < -0.39 is 6.10 Å². The molecule has 1 aromatic carbocycles. The van der Waals surface area contributed by atoms with E-state index in [1.807, 2.05) is 0 Å². The monoisotopic (exact) mass is 262 g/mol. The van der Waals surface area contributed by atoms with Crippen molar-refractivity contribution in [2.24, 2.45) is 0 Å². The molecule has 1 fully saturated rings. The maximum Gasteiger partial charge on any atom is 0.0817 e. The van der Waals surface area contributed by atoms with Crippen LogP contribution in [0.5, 0.6) is 0 Å². The van der Waals surface area contributed by atoms with Gasteiger partial charge in [-0.2, -0.15) is 0 Å². The molecular weight excluding hydrogens is 236 g/mol. The van der Waals surface area contributed by atoms with Crippen molar-refractivity contribution in [3.63, 3.8) is 0 Å². The third kappa shape index (κ3) is 3.58. The Labute approximate surface area is 116 Å². The van der Waals surface area contributed by atoms with E-state index in [1.165, 1.54) is 24.8 Å². The second-order valence-corrected chi connectivity index (χ2v) is 5.81. The summed E-state index contributed by atoms with van der Waals surface area (Å²) < 4.78 is 5.58. The smallest absolute Gasteiger partial charge is 0.0817 e. The van der Waals surface area contributed by atoms with Gasteiger partial charge in [0.2, 0.25) is 0 Å². The van der Waals surface area contributed by atoms with Crippen molar-refractivity contribution in [3.05, 3.63) is 35.4 Å². The van der Waals surface area contributed by atoms with Crippen molar-refractivity contribution in [1.29, 1.82) is 0 Å². The maximum atomic E-state index is 10.3. The quantitative estimate of drug-likeness (QED) is 0.804. The fourth-order valence-corrected chi connectivity index (χ4v) is 2.82. The number of hydrogen-bond donors (Lipinski definition) is 1. The molecule has 1 atom stereocenters. The van der Waals surface area contributed by atoms with Gasteiger partial charge in [-0.15, -0.1) is 0 Å². The highest BCUT2D eigenvalue weighted by atomic mass is 16.5. The molecule has 1 unspecified atom stereocenters. The minimum absolute atomic E-state index is 0.0691. The van der Waals surface area contributed by atoms with Crippen LogP contribution in [0.4, 0.5) is 0 Å². The Kier molecular flexibility index (Phi) is 5.00. The van der Waals surface area contributed by atoms with E-state index in [1.54, 1.807) is 7.11 Å². The van der Waals surface area contributed by atoms with Gasteiger partial charge in [0, 0.05) is 13.5 Å². The lowest BCUT2D eigenvalue weighted by Gasteiger charge is -2.41. The van der Waals surface area contributed by atoms with Crippen LogP contribution in [-0.2, 0) is 11.2 Å². The summed E-state index contributed by atoms with van der Waals surface area (Å²) in [6, 6.07) is 8.43. The lowest BCUT2D eigenvalue weighted by Crippen LogP contribution is -2.40. The van der Waals surface area contributed by atoms with E-state index in [0.717, 1.165) is 31.2 Å². The first kappa shape index (κ1) is 14.5. The number of hydrogen-bond acceptors (Lipinski definition) is 2. The zero-order valence-corrected chi connectivity index (χ0v) is 12.2. The fraction of sp³-hybridized carbons (Fsp3) is 0.647. The minimum atomic E-state index is -0.402. The number of ether oxygens (including phenoxy) is 1. The van der Waals surface area contributed by atoms with Gasteiger partial charge in [-0.3, -0.25) is 0 Å². The first-order valence-electron chi connectivity index (χ1n) is 7.51. The number of aryl methyl sites for hydroxylation is 1. The van der Waals surface area contributed by atoms with Crippen LogP contribution < -0.4 is 0 Å². The molecule has 0 bridgehead atoms. The number of methoxy groups -OCH3 is 1. The normalized spacial score (nSPS) is 18.9. The van der Waals surface area contributed by atoms with Crippen molar-refractivity contribution in [2.75, 3.05) is 7.11 Å². The molecule has 106 valence electrons. The Balaban J connectivity index is 1.93. The fourth-order valence-electron chi connectivity index (χ4n) is 2.82. The molecule has 1 saturated carbocycles. The van der Waals surface area contributed by atoms with Gasteiger partial charge in [0.25, 0.3) is 0 Å². The molecule has 0 aromatic heterocycles. The standard InChI is InChI=1S/C17H26O2/c1-3-4-6-14-7-9-15(10-8-14)16(18)13-17(19-2)11-5-12-17/h7-10,16,18H,3-6,11-13H2,1-2H3. The molecular formula is C17H26O2. The Morgan fingerprint density at radius 2 is 1.95 bits per heavy atom. The predicted octanol–water partition coefficient (Wildman–Crippen LogP) is 4.02. The lowest BCUT2D eigenvalue weighted by atomic mass is 9.75. The van der Waals surface area contributed by atoms with Crippen LogP contribution >= 0.6 is 0 Å². The molecule has 1 N–H and O–H groups in total. The molecule has 0 amide bonds. The summed E-state index contributed by atoms with van der Waals surface area (Å²) in [6.45, 7) is 2.21. The first-order chi connectivity index (χ1) is 9.19. The van der Waals surface area contributed by atoms with Crippen molar-refractivity contribution in [2.45, 2.75) is 63.6 Å². The topological polar surface area (TPSA) is 29.5 Å². The average molecular weight is 262 g/mol. The second-order valence-electron chi connectivity index (χ2n) is 5.81. The van der Waals surface area contributed by atoms with Crippen LogP contribution in [0.2, 0.25) is 0 Å². The van der Waals surface area contributed by atoms with Crippen molar-refractivity contribution in [3.8, 4) is 0 Å². The molecule has 1 aliphatic carbocycles. The van der Waals surface area contributed by atoms with Crippen LogP contribution in [-0.4, -0.2) is 17.8 Å². The Hall–Kier alpha value is -0.860. The van der Waals surface area contributed by atoms with Gasteiger partial charge in [0.15, 0.2) is 0 Å². The number of aliphatic hydroxyl groups excluding tert-OH is 1. The third-order valence-electron chi connectivity index (χ3n) is 4.45. The SMILES string of the molecule is CCCCc1ccc(C(O)CC2(OC)CCC2)cc1. The maximum absolute atomic E-state index is 10.3. The molecule has 1 aliphatic rings. The highest BCUT2D eigenvalue weighted by Crippen LogP contribution is 2.41. The van der Waals surface area contributed by atoms with Crippen LogP contribution in [0.15, 0.2) is 24.3 Å². The molecule has 19 heavy (non-hydrogen) atoms. The van der Waals surface area contributed by atoms with Gasteiger partial charge in [0.05, 0.1) is 11.7 Å². The van der Waals surface area contributed by atoms with Crippen molar-refractivity contribution < 1.29 is 9.84 Å². The van der Waals surface area contributed by atoms with E-state index in [-0.39, 0.29) is 5.60 Å². The Morgan fingerprint density at radius 3 is 2.42 bits per heavy atom. The van der Waals surface area contributed by atoms with E-state index in [2.05, 4.69) is 31.2 Å². The van der Waals surface area contributed by atoms with Crippen molar-refractivity contribution in [1.82, 2.24) is 0 Å². The molecule has 2 nitrogen and oxygen atoms in total. The van der Waals surface area contributed by atoms with Crippen LogP contribution in [0.1, 0.15) is 62.7 Å². The van der Waals surface area contributed by atoms with Crippen molar-refractivity contribution >= 4 is 0 Å². The Bertz CT molecular complexity index is 373. The van der Waals surface area contributed by atoms with Gasteiger partial charge in [-0.25, -0.2) is 0 Å². The van der Waals surface area contributed by atoms with Gasteiger partial charge >= 0.3 is 0 Å². The summed E-state index contributed by atoms with van der Waals surface area (Å²) in [7, 11) is 1.76. The molecule has 0 spiro atoms. The summed E-state index contributed by atoms with van der Waals surface area (Å²) >= 11 is 0. The summed E-state index contributed by atoms with van der Waals surface area (Å²) in [5, 5.41) is 10.3. The zero-order chi connectivity index (χ0) is 13.7. The van der Waals surface area contributed by atoms with Gasteiger partial charge < -0.3 is 9.84 Å². The molecule has 2 heteroatoms. The van der Waals surface area contributed by atoms with Crippen LogP contribution in [0.3, 0.4) is 0 Å². The van der Waals surface area contributed by atoms with E-state index in [4.69, 9.17) is 4.74 Å². The highest BCUT2D eigenvalue weighted by Gasteiger charge is 2.38. The van der Waals surface area contributed by atoms with Gasteiger partial charge in [-0.1, -0.05) is 37.6 Å². The third-order valence-corrected chi connectivity index (χ3v) is 4.45. The molecule has 0 radical (unpaired) electrons. The minimum Gasteiger partial charge on any atom is -0.388 e. The summed E-state index contributed by atoms with van der Waals surface area (Å²) in [5.41, 5.74) is 2.31. The summed E-state index contributed by atoms with van der Waals surface area (Å²) in [5.74, 6) is 0. The number of aliphatic hydroxyl groups is 1. The van der Waals surface area contributed by atoms with Crippen LogP contribution in [0, 0.1) is 0 Å². The molecule has 2 rings (SSSR count). The highest BCUT2D eigenvalue weighted by molar-refractivity contribution is 5.24. The van der Waals surface area contributed by atoms with E-state index in [9.17, 15) is 5.11 Å². The van der Waals surface area contributed by atoms with Gasteiger partial charge in [-0.05, 0) is 43.2 Å². The number of benzene rings is 1. The summed E-state index contributed by atoms with van der Waals surface area (Å²) in [4.78, 5) is 0. The largest absolute Gasteiger partial charge is 0.388 e. The summed E-state index contributed by atoms with van der Waals surface area (Å²) in [6.07, 6.45) is 7.28. The first-order valence-corrected chi connectivity index (χ1v) is 7.51. The Morgan fingerprint density at radius 1 is 1.26 bits per heavy atom. The van der Waals surface area contributed by atoms with E-state index in [0.29, 0.717) is 0 Å². The number of unbranched alkanes of at least 4 members (excludes halogenated alkanes) is 1. The van der Waals surface area contributed by atoms with Gasteiger partial charge in [0.1, 0.15) is 0 Å².